The molecule has 1 saturated carbocycles. The number of nitrogens with one attached hydrogen (secondary N) is 3. The summed E-state index contributed by atoms with van der Waals surface area (Å²) in [7, 11) is 1.60. The number of urea groups is 1. The Hall–Kier alpha value is -3.22. The van der Waals surface area contributed by atoms with Crippen LogP contribution in [0.3, 0.4) is 0 Å². The third kappa shape index (κ3) is 6.64. The average Bonchev–Trinajstić information content (AvgIpc) is 3.30. The average molecular weight is 440 g/mol. The van der Waals surface area contributed by atoms with Crippen LogP contribution in [-0.2, 0) is 11.3 Å². The fraction of sp³-hybridized carbons (Fsp3) is 0.440. The normalized spacial score (nSPS) is 14.6. The first-order chi connectivity index (χ1) is 15.5. The van der Waals surface area contributed by atoms with Crippen LogP contribution in [0.1, 0.15) is 45.1 Å². The Kier molecular flexibility index (Phi) is 8.36. The number of methoxy groups -OCH3 is 1. The number of amides is 3. The minimum atomic E-state index is -0.688. The Balaban J connectivity index is 1.61. The van der Waals surface area contributed by atoms with Crippen LogP contribution < -0.4 is 25.4 Å². The summed E-state index contributed by atoms with van der Waals surface area (Å²) in [6, 6.07) is 13.9. The molecule has 3 rings (SSSR count). The van der Waals surface area contributed by atoms with Gasteiger partial charge in [0.2, 0.25) is 5.91 Å². The molecule has 0 aliphatic heterocycles. The predicted molar refractivity (Wildman–Crippen MR) is 125 cm³/mol. The van der Waals surface area contributed by atoms with Gasteiger partial charge in [-0.25, -0.2) is 4.79 Å². The van der Waals surface area contributed by atoms with Gasteiger partial charge in [0, 0.05) is 18.3 Å². The first-order valence-corrected chi connectivity index (χ1v) is 11.2. The van der Waals surface area contributed by atoms with Crippen molar-refractivity contribution in [3.63, 3.8) is 0 Å². The molecule has 0 bridgehead atoms. The van der Waals surface area contributed by atoms with Gasteiger partial charge in [-0.3, -0.25) is 4.79 Å². The topological polar surface area (TPSA) is 88.7 Å². The molecule has 1 aliphatic carbocycles. The molecule has 0 radical (unpaired) electrons. The number of carbonyl (C=O) groups is 2. The van der Waals surface area contributed by atoms with Crippen molar-refractivity contribution in [3.05, 3.63) is 54.1 Å². The maximum absolute atomic E-state index is 12.9. The standard InChI is InChI=1S/C25H33N3O4/c1-17(2)23(28-25(30)26-16-18-9-5-4-6-10-18)24(29)27-19-13-14-21(31-3)22(15-19)32-20-11-7-8-12-20/h4-6,9-10,13-15,17,20,23H,7-8,11-12,16H2,1-3H3,(H,27,29)(H2,26,28,30). The Labute approximate surface area is 189 Å². The van der Waals surface area contributed by atoms with Gasteiger partial charge in [0.25, 0.3) is 0 Å². The van der Waals surface area contributed by atoms with E-state index in [0.29, 0.717) is 23.7 Å². The van der Waals surface area contributed by atoms with Gasteiger partial charge in [0.1, 0.15) is 6.04 Å². The van der Waals surface area contributed by atoms with Gasteiger partial charge in [-0.1, -0.05) is 44.2 Å². The van der Waals surface area contributed by atoms with Gasteiger partial charge in [-0.2, -0.15) is 0 Å². The first kappa shape index (κ1) is 23.4. The van der Waals surface area contributed by atoms with Crippen LogP contribution in [0.15, 0.2) is 48.5 Å². The van der Waals surface area contributed by atoms with Crippen LogP contribution in [0.4, 0.5) is 10.5 Å². The second kappa shape index (κ2) is 11.4. The number of benzene rings is 2. The molecule has 7 nitrogen and oxygen atoms in total. The van der Waals surface area contributed by atoms with E-state index in [9.17, 15) is 9.59 Å². The number of carbonyl (C=O) groups excluding carboxylic acids is 2. The Morgan fingerprint density at radius 3 is 2.41 bits per heavy atom. The number of rotatable bonds is 9. The molecule has 2 aromatic rings. The van der Waals surface area contributed by atoms with E-state index in [4.69, 9.17) is 9.47 Å². The molecule has 0 aromatic heterocycles. The Morgan fingerprint density at radius 1 is 1.03 bits per heavy atom. The van der Waals surface area contributed by atoms with E-state index in [1.807, 2.05) is 44.2 Å². The van der Waals surface area contributed by atoms with Crippen molar-refractivity contribution < 1.29 is 19.1 Å². The lowest BCUT2D eigenvalue weighted by Gasteiger charge is -2.22. The zero-order valence-electron chi connectivity index (χ0n) is 19.0. The van der Waals surface area contributed by atoms with Crippen molar-refractivity contribution in [3.8, 4) is 11.5 Å². The summed E-state index contributed by atoms with van der Waals surface area (Å²) in [6.45, 7) is 4.17. The van der Waals surface area contributed by atoms with Crippen molar-refractivity contribution in [1.82, 2.24) is 10.6 Å². The van der Waals surface area contributed by atoms with Crippen molar-refractivity contribution in [2.75, 3.05) is 12.4 Å². The van der Waals surface area contributed by atoms with Crippen LogP contribution in [-0.4, -0.2) is 31.2 Å². The first-order valence-electron chi connectivity index (χ1n) is 11.2. The van der Waals surface area contributed by atoms with Crippen molar-refractivity contribution in [2.45, 2.75) is 58.2 Å². The molecule has 2 aromatic carbocycles. The van der Waals surface area contributed by atoms with Crippen molar-refractivity contribution >= 4 is 17.6 Å². The third-order valence-electron chi connectivity index (χ3n) is 5.56. The van der Waals surface area contributed by atoms with E-state index < -0.39 is 6.04 Å². The minimum Gasteiger partial charge on any atom is -0.493 e. The van der Waals surface area contributed by atoms with Gasteiger partial charge in [0.05, 0.1) is 13.2 Å². The summed E-state index contributed by atoms with van der Waals surface area (Å²) in [4.78, 5) is 25.3. The van der Waals surface area contributed by atoms with Gasteiger partial charge >= 0.3 is 6.03 Å². The van der Waals surface area contributed by atoms with Gasteiger partial charge in [0.15, 0.2) is 11.5 Å². The zero-order valence-corrected chi connectivity index (χ0v) is 19.0. The van der Waals surface area contributed by atoms with E-state index in [1.165, 1.54) is 0 Å². The minimum absolute atomic E-state index is 0.0927. The van der Waals surface area contributed by atoms with Gasteiger partial charge in [-0.15, -0.1) is 0 Å². The number of hydrogen-bond donors (Lipinski definition) is 3. The molecule has 3 amide bonds. The van der Waals surface area contributed by atoms with Crippen LogP contribution in [0.25, 0.3) is 0 Å². The molecule has 172 valence electrons. The van der Waals surface area contributed by atoms with E-state index in [2.05, 4.69) is 16.0 Å². The molecular formula is C25H33N3O4. The van der Waals surface area contributed by atoms with Crippen LogP contribution in [0.2, 0.25) is 0 Å². The molecule has 0 heterocycles. The second-order valence-corrected chi connectivity index (χ2v) is 8.41. The lowest BCUT2D eigenvalue weighted by atomic mass is 10.0. The predicted octanol–water partition coefficient (Wildman–Crippen LogP) is 4.48. The van der Waals surface area contributed by atoms with Crippen molar-refractivity contribution in [1.29, 1.82) is 0 Å². The maximum atomic E-state index is 12.9. The summed E-state index contributed by atoms with van der Waals surface area (Å²) in [5.41, 5.74) is 1.59. The van der Waals surface area contributed by atoms with Crippen LogP contribution in [0, 0.1) is 5.92 Å². The summed E-state index contributed by atoms with van der Waals surface area (Å²) in [5.74, 6) is 0.873. The van der Waals surface area contributed by atoms with Gasteiger partial charge < -0.3 is 25.4 Å². The summed E-state index contributed by atoms with van der Waals surface area (Å²) in [5, 5.41) is 8.49. The zero-order chi connectivity index (χ0) is 22.9. The Bertz CT molecular complexity index is 895. The fourth-order valence-electron chi connectivity index (χ4n) is 3.76. The van der Waals surface area contributed by atoms with E-state index in [-0.39, 0.29) is 24.0 Å². The molecule has 0 spiro atoms. The highest BCUT2D eigenvalue weighted by Gasteiger charge is 2.25. The quantitative estimate of drug-likeness (QED) is 0.538. The van der Waals surface area contributed by atoms with Crippen LogP contribution >= 0.6 is 0 Å². The van der Waals surface area contributed by atoms with Gasteiger partial charge in [-0.05, 0) is 49.3 Å². The SMILES string of the molecule is COc1ccc(NC(=O)C(NC(=O)NCc2ccccc2)C(C)C)cc1OC1CCCC1. The number of hydrogen-bond acceptors (Lipinski definition) is 4. The molecule has 7 heteroatoms. The molecule has 1 unspecified atom stereocenters. The maximum Gasteiger partial charge on any atom is 0.315 e. The van der Waals surface area contributed by atoms with E-state index in [1.54, 1.807) is 25.3 Å². The largest absolute Gasteiger partial charge is 0.493 e. The third-order valence-corrected chi connectivity index (χ3v) is 5.56. The van der Waals surface area contributed by atoms with E-state index >= 15 is 0 Å². The number of ether oxygens (including phenoxy) is 2. The van der Waals surface area contributed by atoms with Crippen molar-refractivity contribution in [2.24, 2.45) is 5.92 Å². The Morgan fingerprint density at radius 2 is 1.75 bits per heavy atom. The summed E-state index contributed by atoms with van der Waals surface area (Å²) >= 11 is 0. The summed E-state index contributed by atoms with van der Waals surface area (Å²) < 4.78 is 11.5. The second-order valence-electron chi connectivity index (χ2n) is 8.41. The molecule has 1 fully saturated rings. The lowest BCUT2D eigenvalue weighted by molar-refractivity contribution is -0.118. The number of anilines is 1. The lowest BCUT2D eigenvalue weighted by Crippen LogP contribution is -2.50. The molecular weight excluding hydrogens is 406 g/mol. The highest BCUT2D eigenvalue weighted by atomic mass is 16.5. The molecule has 1 aliphatic rings. The van der Waals surface area contributed by atoms with Crippen LogP contribution in [0.5, 0.6) is 11.5 Å². The highest BCUT2D eigenvalue weighted by molar-refractivity contribution is 5.97. The smallest absolute Gasteiger partial charge is 0.315 e. The highest BCUT2D eigenvalue weighted by Crippen LogP contribution is 2.34. The summed E-state index contributed by atoms with van der Waals surface area (Å²) in [6.07, 6.45) is 4.55. The molecule has 0 saturated heterocycles. The van der Waals surface area contributed by atoms with E-state index in [0.717, 1.165) is 31.2 Å². The molecule has 32 heavy (non-hydrogen) atoms. The monoisotopic (exact) mass is 439 g/mol. The fourth-order valence-corrected chi connectivity index (χ4v) is 3.76. The molecule has 3 N–H and O–H groups in total. The molecule has 1 atom stereocenters.